The molecule has 5 nitrogen and oxygen atoms in total. The van der Waals surface area contributed by atoms with E-state index in [9.17, 15) is 0 Å². The summed E-state index contributed by atoms with van der Waals surface area (Å²) in [4.78, 5) is 3.90. The van der Waals surface area contributed by atoms with E-state index in [-0.39, 0.29) is 0 Å². The summed E-state index contributed by atoms with van der Waals surface area (Å²) in [5.41, 5.74) is 7.60. The van der Waals surface area contributed by atoms with E-state index in [1.165, 1.54) is 5.56 Å². The van der Waals surface area contributed by atoms with Crippen LogP contribution in [0.5, 0.6) is 11.5 Å². The maximum absolute atomic E-state index is 5.31. The van der Waals surface area contributed by atoms with Crippen molar-refractivity contribution in [2.75, 3.05) is 20.8 Å². The van der Waals surface area contributed by atoms with Crippen molar-refractivity contribution < 1.29 is 9.47 Å². The zero-order chi connectivity index (χ0) is 17.9. The zero-order valence-electron chi connectivity index (χ0n) is 14.8. The van der Waals surface area contributed by atoms with E-state index in [2.05, 4.69) is 17.1 Å². The third-order valence-electron chi connectivity index (χ3n) is 3.67. The summed E-state index contributed by atoms with van der Waals surface area (Å²) >= 11 is 0. The largest absolute Gasteiger partial charge is 0.493 e. The third kappa shape index (κ3) is 5.65. The van der Waals surface area contributed by atoms with Gasteiger partial charge >= 0.3 is 0 Å². The molecule has 0 bridgehead atoms. The van der Waals surface area contributed by atoms with Crippen LogP contribution in [-0.4, -0.2) is 30.3 Å². The van der Waals surface area contributed by atoms with E-state index in [0.29, 0.717) is 0 Å². The molecule has 0 atom stereocenters. The highest BCUT2D eigenvalue weighted by Crippen LogP contribution is 2.31. The van der Waals surface area contributed by atoms with Gasteiger partial charge in [0.25, 0.3) is 0 Å². The number of nitrogens with zero attached hydrogens (tertiary/aromatic N) is 2. The Labute approximate surface area is 149 Å². The molecule has 0 radical (unpaired) electrons. The fourth-order valence-corrected chi connectivity index (χ4v) is 2.34. The third-order valence-corrected chi connectivity index (χ3v) is 3.67. The molecule has 3 aromatic rings. The minimum atomic E-state index is 0.748. The van der Waals surface area contributed by atoms with Crippen LogP contribution in [0.2, 0.25) is 0 Å². The van der Waals surface area contributed by atoms with E-state index in [0.717, 1.165) is 36.6 Å². The van der Waals surface area contributed by atoms with Crippen LogP contribution < -0.4 is 15.2 Å². The minimum Gasteiger partial charge on any atom is -0.493 e. The molecular weight excluding hydrogens is 314 g/mol. The van der Waals surface area contributed by atoms with Gasteiger partial charge in [-0.1, -0.05) is 36.4 Å². The molecule has 0 aliphatic rings. The Bertz CT molecular complexity index is 728. The van der Waals surface area contributed by atoms with Crippen LogP contribution in [0.4, 0.5) is 0 Å². The summed E-state index contributed by atoms with van der Waals surface area (Å²) in [6, 6.07) is 16.1. The van der Waals surface area contributed by atoms with Crippen LogP contribution in [0.15, 0.2) is 67.3 Å². The molecule has 0 saturated heterocycles. The molecule has 1 heterocycles. The van der Waals surface area contributed by atoms with Crippen molar-refractivity contribution in [2.24, 2.45) is 5.73 Å². The number of methoxy groups -OCH3 is 2. The Hall–Kier alpha value is -2.79. The first-order chi connectivity index (χ1) is 12.3. The van der Waals surface area contributed by atoms with Gasteiger partial charge < -0.3 is 19.8 Å². The Balaban J connectivity index is 0.000000212. The van der Waals surface area contributed by atoms with Gasteiger partial charge in [0.15, 0.2) is 11.5 Å². The first-order valence-corrected chi connectivity index (χ1v) is 8.21. The van der Waals surface area contributed by atoms with Crippen LogP contribution in [-0.2, 0) is 6.54 Å². The Morgan fingerprint density at radius 2 is 1.72 bits per heavy atom. The van der Waals surface area contributed by atoms with Crippen molar-refractivity contribution in [3.05, 3.63) is 67.3 Å². The van der Waals surface area contributed by atoms with E-state index < -0.39 is 0 Å². The van der Waals surface area contributed by atoms with Crippen molar-refractivity contribution >= 4 is 0 Å². The number of rotatable bonds is 6. The number of ether oxygens (including phenoxy) is 2. The molecular formula is C20H25N3O2. The second-order valence-corrected chi connectivity index (χ2v) is 5.38. The lowest BCUT2D eigenvalue weighted by Gasteiger charge is -2.09. The number of imidazole rings is 1. The van der Waals surface area contributed by atoms with Crippen molar-refractivity contribution in [1.29, 1.82) is 0 Å². The minimum absolute atomic E-state index is 0.748. The summed E-state index contributed by atoms with van der Waals surface area (Å²) in [6.45, 7) is 1.73. The van der Waals surface area contributed by atoms with Gasteiger partial charge in [-0.05, 0) is 36.2 Å². The van der Waals surface area contributed by atoms with Crippen molar-refractivity contribution in [3.63, 3.8) is 0 Å². The fraction of sp³-hybridized carbons (Fsp3) is 0.250. The summed E-state index contributed by atoms with van der Waals surface area (Å²) < 4.78 is 12.5. The molecule has 2 aromatic carbocycles. The van der Waals surface area contributed by atoms with Crippen molar-refractivity contribution in [3.8, 4) is 22.6 Å². The highest BCUT2D eigenvalue weighted by molar-refractivity contribution is 5.67. The maximum Gasteiger partial charge on any atom is 0.161 e. The lowest BCUT2D eigenvalue weighted by atomic mass is 10.1. The highest BCUT2D eigenvalue weighted by Gasteiger charge is 2.05. The summed E-state index contributed by atoms with van der Waals surface area (Å²) in [6.07, 6.45) is 6.54. The summed E-state index contributed by atoms with van der Waals surface area (Å²) in [7, 11) is 3.28. The Kier molecular flexibility index (Phi) is 7.53. The number of aryl methyl sites for hydroxylation is 1. The van der Waals surface area contributed by atoms with Crippen LogP contribution >= 0.6 is 0 Å². The average Bonchev–Trinajstić information content (AvgIpc) is 3.20. The van der Waals surface area contributed by atoms with Crippen LogP contribution in [0.3, 0.4) is 0 Å². The number of benzene rings is 2. The maximum atomic E-state index is 5.31. The van der Waals surface area contributed by atoms with Crippen LogP contribution in [0.1, 0.15) is 6.42 Å². The van der Waals surface area contributed by atoms with Gasteiger partial charge in [-0.25, -0.2) is 4.98 Å². The molecule has 0 aliphatic heterocycles. The quantitative estimate of drug-likeness (QED) is 0.745. The van der Waals surface area contributed by atoms with E-state index in [4.69, 9.17) is 15.2 Å². The number of nitrogens with two attached hydrogens (primary N) is 1. The predicted octanol–water partition coefficient (Wildman–Crippen LogP) is 3.60. The second kappa shape index (κ2) is 10.2. The zero-order valence-corrected chi connectivity index (χ0v) is 14.8. The summed E-state index contributed by atoms with van der Waals surface area (Å²) in [5, 5.41) is 0. The molecule has 2 N–H and O–H groups in total. The van der Waals surface area contributed by atoms with Gasteiger partial charge in [-0.15, -0.1) is 0 Å². The van der Waals surface area contributed by atoms with E-state index in [1.807, 2.05) is 47.2 Å². The lowest BCUT2D eigenvalue weighted by molar-refractivity contribution is 0.355. The van der Waals surface area contributed by atoms with Gasteiger partial charge in [-0.3, -0.25) is 0 Å². The smallest absolute Gasteiger partial charge is 0.161 e. The second-order valence-electron chi connectivity index (χ2n) is 5.38. The highest BCUT2D eigenvalue weighted by atomic mass is 16.5. The number of hydrogen-bond acceptors (Lipinski definition) is 4. The normalized spacial score (nSPS) is 9.88. The molecule has 0 aliphatic carbocycles. The standard InChI is InChI=1S/C14H14O2.C6H11N3/c1-15-13-9-8-12(10-14(13)16-2)11-6-4-3-5-7-11;7-2-1-4-9-5-3-8-6-9/h3-10H,1-2H3;3,5-6H,1-2,4,7H2. The van der Waals surface area contributed by atoms with Crippen LogP contribution in [0.25, 0.3) is 11.1 Å². The number of hydrogen-bond donors (Lipinski definition) is 1. The molecule has 0 saturated carbocycles. The van der Waals surface area contributed by atoms with Gasteiger partial charge in [-0.2, -0.15) is 0 Å². The topological polar surface area (TPSA) is 62.3 Å². The van der Waals surface area contributed by atoms with Gasteiger partial charge in [0, 0.05) is 18.9 Å². The molecule has 0 fully saturated rings. The number of aromatic nitrogens is 2. The SMILES string of the molecule is COc1ccc(-c2ccccc2)cc1OC.NCCCn1ccnc1. The molecule has 5 heteroatoms. The molecule has 0 amide bonds. The van der Waals surface area contributed by atoms with Gasteiger partial charge in [0.2, 0.25) is 0 Å². The lowest BCUT2D eigenvalue weighted by Crippen LogP contribution is -2.03. The Morgan fingerprint density at radius 3 is 2.32 bits per heavy atom. The molecule has 0 spiro atoms. The Morgan fingerprint density at radius 1 is 0.960 bits per heavy atom. The predicted molar refractivity (Wildman–Crippen MR) is 101 cm³/mol. The summed E-state index contributed by atoms with van der Waals surface area (Å²) in [5.74, 6) is 1.51. The van der Waals surface area contributed by atoms with Crippen molar-refractivity contribution in [2.45, 2.75) is 13.0 Å². The first-order valence-electron chi connectivity index (χ1n) is 8.21. The van der Waals surface area contributed by atoms with Gasteiger partial charge in [0.1, 0.15) is 0 Å². The van der Waals surface area contributed by atoms with Crippen LogP contribution in [0, 0.1) is 0 Å². The molecule has 25 heavy (non-hydrogen) atoms. The molecule has 3 rings (SSSR count). The molecule has 132 valence electrons. The molecule has 1 aromatic heterocycles. The monoisotopic (exact) mass is 339 g/mol. The molecule has 0 unspecified atom stereocenters. The van der Waals surface area contributed by atoms with E-state index >= 15 is 0 Å². The van der Waals surface area contributed by atoms with Gasteiger partial charge in [0.05, 0.1) is 20.5 Å². The average molecular weight is 339 g/mol. The van der Waals surface area contributed by atoms with Crippen molar-refractivity contribution in [1.82, 2.24) is 9.55 Å². The fourth-order valence-electron chi connectivity index (χ4n) is 2.34. The first kappa shape index (κ1) is 18.5. The van der Waals surface area contributed by atoms with E-state index in [1.54, 1.807) is 26.7 Å².